The van der Waals surface area contributed by atoms with Gasteiger partial charge in [-0.15, -0.1) is 0 Å². The lowest BCUT2D eigenvalue weighted by Crippen LogP contribution is -2.54. The summed E-state index contributed by atoms with van der Waals surface area (Å²) in [6.45, 7) is 4.46. The Hall–Kier alpha value is -5.84. The number of amides is 4. The highest BCUT2D eigenvalue weighted by molar-refractivity contribution is 5.87. The second kappa shape index (κ2) is 18.3. The molecule has 2 saturated heterocycles. The molecule has 2 aromatic heterocycles. The van der Waals surface area contributed by atoms with Crippen LogP contribution in [0.2, 0.25) is 0 Å². The number of benzene rings is 1. The first-order valence-corrected chi connectivity index (χ1v) is 17.7. The number of imidazole rings is 2. The Bertz CT molecular complexity index is 1780. The fourth-order valence-electron chi connectivity index (χ4n) is 6.45. The maximum atomic E-state index is 13.5. The molecule has 16 nitrogen and oxygen atoms in total. The Morgan fingerprint density at radius 2 is 1.07 bits per heavy atom. The quantitative estimate of drug-likeness (QED) is 0.225. The zero-order chi connectivity index (χ0) is 38.8. The fraction of sp³-hybridized carbons (Fsp3) is 0.474. The zero-order valence-corrected chi connectivity index (χ0v) is 31.2. The van der Waals surface area contributed by atoms with E-state index in [0.717, 1.165) is 24.0 Å². The van der Waals surface area contributed by atoms with Gasteiger partial charge in [0.2, 0.25) is 11.8 Å². The monoisotopic (exact) mass is 742 g/mol. The molecule has 54 heavy (non-hydrogen) atoms. The Kier molecular flexibility index (Phi) is 13.3. The third-order valence-electron chi connectivity index (χ3n) is 9.59. The number of rotatable bonds is 10. The third kappa shape index (κ3) is 9.38. The van der Waals surface area contributed by atoms with Crippen LogP contribution < -0.4 is 10.6 Å². The van der Waals surface area contributed by atoms with Crippen molar-refractivity contribution >= 4 is 24.0 Å². The smallest absolute Gasteiger partial charge is 0.407 e. The second-order valence-electron chi connectivity index (χ2n) is 12.9. The van der Waals surface area contributed by atoms with Gasteiger partial charge in [-0.2, -0.15) is 0 Å². The molecular formula is C38H46N8O8. The largest absolute Gasteiger partial charge is 0.453 e. The number of H-pyrrole nitrogens is 2. The number of hydrogen-bond donors (Lipinski definition) is 4. The van der Waals surface area contributed by atoms with Crippen LogP contribution in [-0.2, 0) is 28.5 Å². The van der Waals surface area contributed by atoms with Crippen molar-refractivity contribution in [3.8, 4) is 23.7 Å². The van der Waals surface area contributed by atoms with Gasteiger partial charge in [0.15, 0.2) is 0 Å². The lowest BCUT2D eigenvalue weighted by molar-refractivity contribution is -0.138. The van der Waals surface area contributed by atoms with Gasteiger partial charge in [0.25, 0.3) is 0 Å². The lowest BCUT2D eigenvalue weighted by atomic mass is 10.1. The van der Waals surface area contributed by atoms with Crippen molar-refractivity contribution in [2.75, 3.05) is 41.5 Å². The maximum Gasteiger partial charge on any atom is 0.407 e. The predicted molar refractivity (Wildman–Crippen MR) is 195 cm³/mol. The SMILES string of the molecule is COC(=O)N[C@H](C(=O)N1CCC[C@H]1c1ncc(C#Cc2ccc(C#Cc3cnc([C@@H]4CCCN4C(=O)[C@@H](NC(=O)OC)[C@@H](C)OC)[nH]3)cc2)[nH]1)[C@@H](C)OC. The maximum absolute atomic E-state index is 13.5. The van der Waals surface area contributed by atoms with Gasteiger partial charge in [0.1, 0.15) is 35.1 Å². The number of likely N-dealkylation sites (tertiary alicyclic amines) is 2. The zero-order valence-electron chi connectivity index (χ0n) is 31.2. The Labute approximate surface area is 314 Å². The number of nitrogens with zero attached hydrogens (tertiary/aromatic N) is 4. The number of carbonyl (C=O) groups is 4. The van der Waals surface area contributed by atoms with E-state index in [2.05, 4.69) is 54.3 Å². The van der Waals surface area contributed by atoms with E-state index >= 15 is 0 Å². The van der Waals surface area contributed by atoms with Crippen molar-refractivity contribution in [3.63, 3.8) is 0 Å². The van der Waals surface area contributed by atoms with Crippen LogP contribution in [0.5, 0.6) is 0 Å². The second-order valence-corrected chi connectivity index (χ2v) is 12.9. The topological polar surface area (TPSA) is 193 Å². The summed E-state index contributed by atoms with van der Waals surface area (Å²) in [5.74, 6) is 13.2. The molecule has 4 heterocycles. The molecule has 2 aliphatic rings. The van der Waals surface area contributed by atoms with Crippen LogP contribution in [0, 0.1) is 23.7 Å². The number of carbonyl (C=O) groups excluding carboxylic acids is 4. The lowest BCUT2D eigenvalue weighted by Gasteiger charge is -2.30. The summed E-state index contributed by atoms with van der Waals surface area (Å²) in [5, 5.41) is 5.18. The van der Waals surface area contributed by atoms with E-state index in [1.807, 2.05) is 24.3 Å². The van der Waals surface area contributed by atoms with Gasteiger partial charge < -0.3 is 49.3 Å². The van der Waals surface area contributed by atoms with Gasteiger partial charge in [0, 0.05) is 38.4 Å². The van der Waals surface area contributed by atoms with Crippen molar-refractivity contribution in [1.29, 1.82) is 0 Å². The minimum absolute atomic E-state index is 0.276. The first-order chi connectivity index (χ1) is 26.1. The van der Waals surface area contributed by atoms with Crippen LogP contribution in [0.4, 0.5) is 9.59 Å². The molecule has 0 radical (unpaired) electrons. The van der Waals surface area contributed by atoms with Gasteiger partial charge in [0.05, 0.1) is 50.9 Å². The van der Waals surface area contributed by atoms with Crippen molar-refractivity contribution < 1.29 is 38.1 Å². The molecule has 0 aliphatic carbocycles. The van der Waals surface area contributed by atoms with E-state index in [4.69, 9.17) is 18.9 Å². The molecular weight excluding hydrogens is 696 g/mol. The van der Waals surface area contributed by atoms with Gasteiger partial charge in [-0.3, -0.25) is 9.59 Å². The average Bonchev–Trinajstić information content (AvgIpc) is 4.03. The predicted octanol–water partition coefficient (Wildman–Crippen LogP) is 2.78. The van der Waals surface area contributed by atoms with Crippen LogP contribution in [0.1, 0.15) is 85.8 Å². The number of ether oxygens (including phenoxy) is 4. The van der Waals surface area contributed by atoms with E-state index < -0.39 is 36.5 Å². The number of hydrogen-bond acceptors (Lipinski definition) is 10. The average molecular weight is 743 g/mol. The Balaban J connectivity index is 1.21. The Morgan fingerprint density at radius 1 is 0.685 bits per heavy atom. The molecule has 0 spiro atoms. The van der Waals surface area contributed by atoms with Crippen molar-refractivity contribution in [2.24, 2.45) is 0 Å². The molecule has 0 saturated carbocycles. The van der Waals surface area contributed by atoms with Gasteiger partial charge >= 0.3 is 12.2 Å². The summed E-state index contributed by atoms with van der Waals surface area (Å²) in [6.07, 6.45) is 3.72. The summed E-state index contributed by atoms with van der Waals surface area (Å²) in [7, 11) is 5.45. The van der Waals surface area contributed by atoms with Crippen molar-refractivity contribution in [2.45, 2.75) is 75.9 Å². The van der Waals surface area contributed by atoms with E-state index in [1.165, 1.54) is 28.4 Å². The molecule has 4 amide bonds. The molecule has 16 heteroatoms. The Morgan fingerprint density at radius 3 is 1.43 bits per heavy atom. The first-order valence-electron chi connectivity index (χ1n) is 17.7. The highest BCUT2D eigenvalue weighted by atomic mass is 16.5. The summed E-state index contributed by atoms with van der Waals surface area (Å²) >= 11 is 0. The van der Waals surface area contributed by atoms with Crippen molar-refractivity contribution in [1.82, 2.24) is 40.4 Å². The summed E-state index contributed by atoms with van der Waals surface area (Å²) in [4.78, 5) is 69.7. The standard InChI is InChI=1S/C38H46N8O8/c1-23(51-3)31(43-37(49)53-5)35(47)45-19-7-9-29(45)33-39-21-27(41-33)17-15-25-11-13-26(14-12-25)16-18-28-22-40-34(42-28)30-10-8-20-46(30)36(48)32(24(2)52-4)44-38(50)54-6/h11-14,21-24,29-32H,7-10,19-20H2,1-6H3,(H,39,41)(H,40,42)(H,43,49)(H,44,50)/t23-,24-,29+,30+,31+,32+/m1/s1. The van der Waals surface area contributed by atoms with Gasteiger partial charge in [-0.25, -0.2) is 19.6 Å². The van der Waals surface area contributed by atoms with Gasteiger partial charge in [-0.05, 0) is 75.6 Å². The number of nitrogens with one attached hydrogen (secondary N) is 4. The summed E-state index contributed by atoms with van der Waals surface area (Å²) in [5.41, 5.74) is 2.75. The van der Waals surface area contributed by atoms with Crippen LogP contribution in [-0.4, -0.2) is 120 Å². The van der Waals surface area contributed by atoms with Crippen LogP contribution in [0.3, 0.4) is 0 Å². The van der Waals surface area contributed by atoms with Crippen molar-refractivity contribution in [3.05, 3.63) is 70.8 Å². The normalized spacial score (nSPS) is 18.6. The van der Waals surface area contributed by atoms with Crippen LogP contribution in [0.25, 0.3) is 0 Å². The van der Waals surface area contributed by atoms with E-state index in [-0.39, 0.29) is 23.9 Å². The first kappa shape index (κ1) is 39.4. The number of aromatic amines is 2. The summed E-state index contributed by atoms with van der Waals surface area (Å²) < 4.78 is 20.1. The fourth-order valence-corrected chi connectivity index (χ4v) is 6.45. The molecule has 5 rings (SSSR count). The number of methoxy groups -OCH3 is 4. The molecule has 4 N–H and O–H groups in total. The van der Waals surface area contributed by atoms with Crippen LogP contribution in [0.15, 0.2) is 36.7 Å². The molecule has 2 fully saturated rings. The highest BCUT2D eigenvalue weighted by Crippen LogP contribution is 2.32. The van der Waals surface area contributed by atoms with Gasteiger partial charge in [-0.1, -0.05) is 11.8 Å². The highest BCUT2D eigenvalue weighted by Gasteiger charge is 2.40. The van der Waals surface area contributed by atoms with E-state index in [0.29, 0.717) is 49.0 Å². The molecule has 1 aromatic carbocycles. The van der Waals surface area contributed by atoms with E-state index in [9.17, 15) is 19.2 Å². The third-order valence-corrected chi connectivity index (χ3v) is 9.59. The molecule has 0 bridgehead atoms. The van der Waals surface area contributed by atoms with E-state index in [1.54, 1.807) is 36.0 Å². The number of aromatic nitrogens is 4. The minimum Gasteiger partial charge on any atom is -0.453 e. The minimum atomic E-state index is -0.912. The molecule has 3 aromatic rings. The molecule has 0 unspecified atom stereocenters. The molecule has 2 aliphatic heterocycles. The number of alkyl carbamates (subject to hydrolysis) is 2. The van der Waals surface area contributed by atoms with Crippen LogP contribution >= 0.6 is 0 Å². The molecule has 6 atom stereocenters. The molecule has 286 valence electrons. The summed E-state index contributed by atoms with van der Waals surface area (Å²) in [6, 6.07) is 5.07.